The molecule has 0 aliphatic heterocycles. The van der Waals surface area contributed by atoms with E-state index < -0.39 is 5.95 Å². The second-order valence-electron chi connectivity index (χ2n) is 1.39. The van der Waals surface area contributed by atoms with E-state index >= 15 is 0 Å². The molecular formula is C4H4Li2O2. The molecule has 0 amide bonds. The molecule has 1 aliphatic carbocycles. The Balaban J connectivity index is 0. The largest absolute Gasteiger partial charge is 1.00 e. The summed E-state index contributed by atoms with van der Waals surface area (Å²) in [6.45, 7) is 0. The van der Waals surface area contributed by atoms with E-state index in [1.54, 1.807) is 0 Å². The van der Waals surface area contributed by atoms with Gasteiger partial charge in [0.25, 0.3) is 0 Å². The Hall–Kier alpha value is 0.535. The van der Waals surface area contributed by atoms with E-state index in [1.165, 1.54) is 0 Å². The molecular weight excluding hydrogens is 93.9 g/mol. The van der Waals surface area contributed by atoms with Gasteiger partial charge in [-0.25, -0.2) is 5.95 Å². The third-order valence-corrected chi connectivity index (χ3v) is 0.789. The second-order valence-corrected chi connectivity index (χ2v) is 1.39. The van der Waals surface area contributed by atoms with Crippen molar-refractivity contribution in [1.29, 1.82) is 0 Å². The summed E-state index contributed by atoms with van der Waals surface area (Å²) in [5.74, 6) is -0.963. The van der Waals surface area contributed by atoms with Crippen molar-refractivity contribution in [1.82, 2.24) is 0 Å². The molecule has 1 aliphatic rings. The fraction of sp³-hybridized carbons (Fsp3) is 0.500. The van der Waals surface area contributed by atoms with Crippen molar-refractivity contribution in [2.75, 3.05) is 0 Å². The molecule has 4 heteroatoms. The summed E-state index contributed by atoms with van der Waals surface area (Å²) in [6.07, 6.45) is 1.50. The molecule has 0 unspecified atom stereocenters. The standard InChI is InChI=1S/C4H6O2.2Li/c5-4(6)3-1-2-3;;/h5-6H,1-2H2;;/q;2*+1/p-2. The SMILES string of the molecule is [Li+].[Li+].[O-]C([O-])=C1CC1. The molecule has 2 nitrogen and oxygen atoms in total. The van der Waals surface area contributed by atoms with Gasteiger partial charge in [0.2, 0.25) is 0 Å². The van der Waals surface area contributed by atoms with E-state index in [0.29, 0.717) is 5.57 Å². The summed E-state index contributed by atoms with van der Waals surface area (Å²) >= 11 is 0. The number of rotatable bonds is 0. The van der Waals surface area contributed by atoms with Crippen molar-refractivity contribution >= 4 is 0 Å². The van der Waals surface area contributed by atoms with Crippen LogP contribution >= 0.6 is 0 Å². The van der Waals surface area contributed by atoms with Gasteiger partial charge < -0.3 is 10.2 Å². The van der Waals surface area contributed by atoms with Gasteiger partial charge in [-0.3, -0.25) is 0 Å². The molecule has 0 radical (unpaired) electrons. The van der Waals surface area contributed by atoms with Gasteiger partial charge in [0.1, 0.15) is 0 Å². The minimum Gasteiger partial charge on any atom is -0.884 e. The van der Waals surface area contributed by atoms with Gasteiger partial charge >= 0.3 is 37.7 Å². The smallest absolute Gasteiger partial charge is 0.884 e. The maximum atomic E-state index is 9.61. The third-order valence-electron chi connectivity index (χ3n) is 0.789. The Kier molecular flexibility index (Phi) is 6.27. The average molecular weight is 98.0 g/mol. The van der Waals surface area contributed by atoms with Gasteiger partial charge in [-0.05, 0) is 12.8 Å². The van der Waals surface area contributed by atoms with Gasteiger partial charge in [-0.15, -0.1) is 0 Å². The van der Waals surface area contributed by atoms with Crippen molar-refractivity contribution in [3.05, 3.63) is 11.5 Å². The van der Waals surface area contributed by atoms with E-state index in [4.69, 9.17) is 0 Å². The molecule has 0 saturated heterocycles. The van der Waals surface area contributed by atoms with Crippen molar-refractivity contribution in [3.8, 4) is 0 Å². The van der Waals surface area contributed by atoms with Crippen LogP contribution in [0, 0.1) is 0 Å². The minimum atomic E-state index is -0.963. The summed E-state index contributed by atoms with van der Waals surface area (Å²) in [7, 11) is 0. The van der Waals surface area contributed by atoms with Gasteiger partial charge in [-0.2, -0.15) is 0 Å². The third kappa shape index (κ3) is 3.53. The van der Waals surface area contributed by atoms with Crippen LogP contribution < -0.4 is 47.9 Å². The first kappa shape index (κ1) is 11.3. The normalized spacial score (nSPS) is 13.2. The molecule has 0 aromatic heterocycles. The van der Waals surface area contributed by atoms with Crippen LogP contribution in [0.3, 0.4) is 0 Å². The zero-order valence-electron chi connectivity index (χ0n) is 5.23. The predicted octanol–water partition coefficient (Wildman–Crippen LogP) is -7.28. The van der Waals surface area contributed by atoms with Gasteiger partial charge in [0.15, 0.2) is 0 Å². The Morgan fingerprint density at radius 1 is 1.12 bits per heavy atom. The average Bonchev–Trinajstić information content (AvgIpc) is 2.06. The fourth-order valence-corrected chi connectivity index (χ4v) is 0.267. The minimum absolute atomic E-state index is 0. The summed E-state index contributed by atoms with van der Waals surface area (Å²) in [5, 5.41) is 19.2. The molecule has 0 atom stereocenters. The Morgan fingerprint density at radius 2 is 1.50 bits per heavy atom. The Labute approximate surface area is 72.3 Å². The monoisotopic (exact) mass is 98.1 g/mol. The summed E-state index contributed by atoms with van der Waals surface area (Å²) in [5.41, 5.74) is 0.565. The van der Waals surface area contributed by atoms with Crippen LogP contribution in [-0.2, 0) is 0 Å². The van der Waals surface area contributed by atoms with Gasteiger partial charge in [-0.1, -0.05) is 5.57 Å². The molecule has 0 N–H and O–H groups in total. The van der Waals surface area contributed by atoms with Crippen LogP contribution in [0.25, 0.3) is 0 Å². The number of hydrogen-bond acceptors (Lipinski definition) is 2. The van der Waals surface area contributed by atoms with Crippen LogP contribution in [0.4, 0.5) is 0 Å². The molecule has 0 bridgehead atoms. The fourth-order valence-electron chi connectivity index (χ4n) is 0.267. The molecule has 0 aromatic carbocycles. The zero-order valence-corrected chi connectivity index (χ0v) is 5.23. The molecule has 1 fully saturated rings. The zero-order chi connectivity index (χ0) is 4.57. The Morgan fingerprint density at radius 3 is 1.50 bits per heavy atom. The first-order valence-corrected chi connectivity index (χ1v) is 1.87. The topological polar surface area (TPSA) is 46.1 Å². The van der Waals surface area contributed by atoms with Gasteiger partial charge in [0.05, 0.1) is 0 Å². The summed E-state index contributed by atoms with van der Waals surface area (Å²) in [4.78, 5) is 0. The number of hydrogen-bond donors (Lipinski definition) is 0. The van der Waals surface area contributed by atoms with Crippen LogP contribution in [0.2, 0.25) is 0 Å². The van der Waals surface area contributed by atoms with Crippen molar-refractivity contribution in [2.24, 2.45) is 0 Å². The Bertz CT molecular complexity index is 90.2. The van der Waals surface area contributed by atoms with E-state index in [9.17, 15) is 10.2 Å². The van der Waals surface area contributed by atoms with Crippen molar-refractivity contribution < 1.29 is 47.9 Å². The summed E-state index contributed by atoms with van der Waals surface area (Å²) < 4.78 is 0. The molecule has 34 valence electrons. The molecule has 0 heterocycles. The van der Waals surface area contributed by atoms with Gasteiger partial charge in [0, 0.05) is 0 Å². The molecule has 0 spiro atoms. The first-order chi connectivity index (χ1) is 2.80. The second kappa shape index (κ2) is 4.42. The van der Waals surface area contributed by atoms with E-state index in [-0.39, 0.29) is 37.7 Å². The van der Waals surface area contributed by atoms with Crippen LogP contribution in [-0.4, -0.2) is 0 Å². The van der Waals surface area contributed by atoms with Crippen LogP contribution in [0.5, 0.6) is 0 Å². The molecule has 8 heavy (non-hydrogen) atoms. The molecule has 1 rings (SSSR count). The number of allylic oxidation sites excluding steroid dienone is 1. The predicted molar refractivity (Wildman–Crippen MR) is 16.3 cm³/mol. The van der Waals surface area contributed by atoms with Crippen LogP contribution in [0.15, 0.2) is 11.5 Å². The van der Waals surface area contributed by atoms with E-state index in [1.807, 2.05) is 0 Å². The maximum Gasteiger partial charge on any atom is 1.00 e. The molecule has 1 saturated carbocycles. The maximum absolute atomic E-state index is 9.61. The molecule has 0 aromatic rings. The van der Waals surface area contributed by atoms with E-state index in [0.717, 1.165) is 12.8 Å². The van der Waals surface area contributed by atoms with Crippen molar-refractivity contribution in [3.63, 3.8) is 0 Å². The van der Waals surface area contributed by atoms with Crippen molar-refractivity contribution in [2.45, 2.75) is 12.8 Å². The first-order valence-electron chi connectivity index (χ1n) is 1.87. The van der Waals surface area contributed by atoms with Crippen LogP contribution in [0.1, 0.15) is 12.8 Å². The quantitative estimate of drug-likeness (QED) is 0.223. The summed E-state index contributed by atoms with van der Waals surface area (Å²) in [6, 6.07) is 0. The van der Waals surface area contributed by atoms with E-state index in [2.05, 4.69) is 0 Å².